The van der Waals surface area contributed by atoms with Gasteiger partial charge in [-0.25, -0.2) is 4.99 Å². The second-order valence-corrected chi connectivity index (χ2v) is 8.25. The summed E-state index contributed by atoms with van der Waals surface area (Å²) in [5, 5.41) is 4.07. The van der Waals surface area contributed by atoms with Gasteiger partial charge in [-0.1, -0.05) is 11.6 Å². The number of hydrogen-bond acceptors (Lipinski definition) is 4. The molecule has 29 heavy (non-hydrogen) atoms. The normalized spacial score (nSPS) is 16.6. The summed E-state index contributed by atoms with van der Waals surface area (Å²) < 4.78 is 2.13. The molecule has 0 atom stereocenters. The van der Waals surface area contributed by atoms with E-state index in [0.717, 1.165) is 33.9 Å². The zero-order valence-electron chi connectivity index (χ0n) is 16.2. The maximum Gasteiger partial charge on any atom is 0.264 e. The van der Waals surface area contributed by atoms with Crippen LogP contribution in [0.15, 0.2) is 58.7 Å². The monoisotopic (exact) mass is 422 g/mol. The van der Waals surface area contributed by atoms with Gasteiger partial charge in [0.15, 0.2) is 5.17 Å². The summed E-state index contributed by atoms with van der Waals surface area (Å²) >= 11 is 7.34. The molecule has 7 heteroatoms. The van der Waals surface area contributed by atoms with E-state index in [0.29, 0.717) is 15.1 Å². The van der Waals surface area contributed by atoms with Crippen molar-refractivity contribution in [3.05, 3.63) is 81.2 Å². The number of pyridine rings is 1. The number of benzene rings is 1. The number of carbonyl (C=O) groups is 1. The molecule has 1 saturated heterocycles. The maximum absolute atomic E-state index is 12.5. The molecule has 1 aromatic carbocycles. The van der Waals surface area contributed by atoms with Crippen molar-refractivity contribution in [3.63, 3.8) is 0 Å². The molecule has 1 N–H and O–H groups in total. The molecule has 146 valence electrons. The summed E-state index contributed by atoms with van der Waals surface area (Å²) in [5.41, 5.74) is 5.86. The molecule has 4 rings (SSSR count). The van der Waals surface area contributed by atoms with E-state index in [1.165, 1.54) is 11.8 Å². The van der Waals surface area contributed by atoms with E-state index in [1.807, 2.05) is 57.3 Å². The van der Waals surface area contributed by atoms with E-state index in [9.17, 15) is 4.79 Å². The highest BCUT2D eigenvalue weighted by Crippen LogP contribution is 2.31. The second kappa shape index (κ2) is 7.89. The van der Waals surface area contributed by atoms with Crippen LogP contribution in [0.5, 0.6) is 0 Å². The predicted molar refractivity (Wildman–Crippen MR) is 120 cm³/mol. The minimum Gasteiger partial charge on any atom is -0.316 e. The first kappa shape index (κ1) is 19.5. The van der Waals surface area contributed by atoms with Crippen LogP contribution in [0.4, 0.5) is 5.69 Å². The molecule has 1 aliphatic rings. The highest BCUT2D eigenvalue weighted by molar-refractivity contribution is 8.18. The molecule has 5 nitrogen and oxygen atoms in total. The third-order valence-corrected chi connectivity index (χ3v) is 5.84. The van der Waals surface area contributed by atoms with Gasteiger partial charge in [-0.2, -0.15) is 0 Å². The van der Waals surface area contributed by atoms with Gasteiger partial charge in [0.05, 0.1) is 22.5 Å². The topological polar surface area (TPSA) is 59.3 Å². The quantitative estimate of drug-likeness (QED) is 0.579. The number of aryl methyl sites for hydroxylation is 2. The van der Waals surface area contributed by atoms with Crippen LogP contribution >= 0.6 is 23.4 Å². The zero-order valence-corrected chi connectivity index (χ0v) is 17.8. The Morgan fingerprint density at radius 3 is 2.76 bits per heavy atom. The summed E-state index contributed by atoms with van der Waals surface area (Å²) in [7, 11) is 0. The first-order valence-electron chi connectivity index (χ1n) is 9.07. The fourth-order valence-corrected chi connectivity index (χ4v) is 4.34. The van der Waals surface area contributed by atoms with Gasteiger partial charge in [-0.3, -0.25) is 9.78 Å². The van der Waals surface area contributed by atoms with E-state index in [1.54, 1.807) is 12.3 Å². The molecular weight excluding hydrogens is 404 g/mol. The first-order chi connectivity index (χ1) is 13.9. The van der Waals surface area contributed by atoms with E-state index in [2.05, 4.69) is 25.9 Å². The lowest BCUT2D eigenvalue weighted by molar-refractivity contribution is -0.115. The largest absolute Gasteiger partial charge is 0.316 e. The summed E-state index contributed by atoms with van der Waals surface area (Å²) in [6.07, 6.45) is 5.49. The average Bonchev–Trinajstić information content (AvgIpc) is 3.17. The summed E-state index contributed by atoms with van der Waals surface area (Å²) in [4.78, 5) is 21.9. The molecule has 1 amide bonds. The van der Waals surface area contributed by atoms with E-state index >= 15 is 0 Å². The Hall–Kier alpha value is -2.83. The molecule has 1 aliphatic heterocycles. The van der Waals surface area contributed by atoms with Gasteiger partial charge in [0.1, 0.15) is 0 Å². The number of rotatable bonds is 3. The van der Waals surface area contributed by atoms with Gasteiger partial charge in [-0.15, -0.1) is 0 Å². The molecule has 0 spiro atoms. The summed E-state index contributed by atoms with van der Waals surface area (Å²) in [5.74, 6) is -0.147. The number of carbonyl (C=O) groups excluding carboxylic acids is 1. The molecule has 0 unspecified atom stereocenters. The van der Waals surface area contributed by atoms with Gasteiger partial charge >= 0.3 is 0 Å². The fraction of sp³-hybridized carbons (Fsp3) is 0.136. The number of halogens is 1. The smallest absolute Gasteiger partial charge is 0.264 e. The number of nitrogens with one attached hydrogen (secondary N) is 1. The number of thioether (sulfide) groups is 1. The molecule has 3 heterocycles. The van der Waals surface area contributed by atoms with Crippen LogP contribution in [0.2, 0.25) is 5.02 Å². The number of nitrogens with zero attached hydrogens (tertiary/aromatic N) is 3. The van der Waals surface area contributed by atoms with Crippen molar-refractivity contribution in [2.24, 2.45) is 4.99 Å². The van der Waals surface area contributed by atoms with Crippen LogP contribution in [-0.4, -0.2) is 20.6 Å². The van der Waals surface area contributed by atoms with Crippen LogP contribution in [-0.2, 0) is 4.79 Å². The molecule has 2 aromatic heterocycles. The molecule has 3 aromatic rings. The highest BCUT2D eigenvalue weighted by atomic mass is 35.5. The van der Waals surface area contributed by atoms with E-state index in [-0.39, 0.29) is 5.91 Å². The van der Waals surface area contributed by atoms with Crippen molar-refractivity contribution in [1.82, 2.24) is 14.9 Å². The number of amides is 1. The molecule has 1 fully saturated rings. The lowest BCUT2D eigenvalue weighted by atomic mass is 10.2. The van der Waals surface area contributed by atoms with Gasteiger partial charge < -0.3 is 9.88 Å². The standard InChI is InChI=1S/C22H19ClN4OS/c1-13-9-17(23)6-7-19(13)25-22-26-21(28)20(29-22)11-16-10-14(2)27(15(16)3)18-5-4-8-24-12-18/h4-12H,1-3H3,(H,25,26,28)/b20-11-. The Balaban J connectivity index is 1.64. The van der Waals surface area contributed by atoms with Crippen LogP contribution in [0.1, 0.15) is 22.5 Å². The molecule has 0 bridgehead atoms. The van der Waals surface area contributed by atoms with Gasteiger partial charge in [0, 0.05) is 22.6 Å². The van der Waals surface area contributed by atoms with E-state index < -0.39 is 0 Å². The molecule has 0 saturated carbocycles. The predicted octanol–water partition coefficient (Wildman–Crippen LogP) is 5.34. The Labute approximate surface area is 178 Å². The van der Waals surface area contributed by atoms with Gasteiger partial charge in [0.25, 0.3) is 5.91 Å². The fourth-order valence-electron chi connectivity index (χ4n) is 3.29. The van der Waals surface area contributed by atoms with Crippen LogP contribution in [0.3, 0.4) is 0 Å². The maximum atomic E-state index is 12.5. The summed E-state index contributed by atoms with van der Waals surface area (Å²) in [6, 6.07) is 11.5. The lowest BCUT2D eigenvalue weighted by Crippen LogP contribution is -2.19. The van der Waals surface area contributed by atoms with Crippen LogP contribution < -0.4 is 5.32 Å². The first-order valence-corrected chi connectivity index (χ1v) is 10.3. The van der Waals surface area contributed by atoms with E-state index in [4.69, 9.17) is 11.6 Å². The molecular formula is C22H19ClN4OS. The molecule has 0 aliphatic carbocycles. The lowest BCUT2D eigenvalue weighted by Gasteiger charge is -2.08. The van der Waals surface area contributed by atoms with Crippen molar-refractivity contribution in [1.29, 1.82) is 0 Å². The Morgan fingerprint density at radius 1 is 1.21 bits per heavy atom. The van der Waals surface area contributed by atoms with Crippen molar-refractivity contribution < 1.29 is 4.79 Å². The number of aliphatic imine (C=N–C) groups is 1. The van der Waals surface area contributed by atoms with Gasteiger partial charge in [0.2, 0.25) is 0 Å². The highest BCUT2D eigenvalue weighted by Gasteiger charge is 2.24. The van der Waals surface area contributed by atoms with Crippen molar-refractivity contribution in [2.45, 2.75) is 20.8 Å². The zero-order chi connectivity index (χ0) is 20.5. The van der Waals surface area contributed by atoms with Crippen molar-refractivity contribution in [3.8, 4) is 5.69 Å². The second-order valence-electron chi connectivity index (χ2n) is 6.79. The Kier molecular flexibility index (Phi) is 5.30. The average molecular weight is 423 g/mol. The van der Waals surface area contributed by atoms with Crippen LogP contribution in [0.25, 0.3) is 11.8 Å². The Bertz CT molecular complexity index is 1170. The van der Waals surface area contributed by atoms with Crippen molar-refractivity contribution >= 4 is 46.2 Å². The van der Waals surface area contributed by atoms with Gasteiger partial charge in [-0.05, 0) is 86.1 Å². The number of aromatic nitrogens is 2. The number of hydrogen-bond donors (Lipinski definition) is 1. The number of amidine groups is 1. The Morgan fingerprint density at radius 2 is 2.03 bits per heavy atom. The third-order valence-electron chi connectivity index (χ3n) is 4.69. The third kappa shape index (κ3) is 3.99. The molecule has 0 radical (unpaired) electrons. The van der Waals surface area contributed by atoms with Crippen LogP contribution in [0, 0.1) is 20.8 Å². The SMILES string of the molecule is Cc1cc(Cl)ccc1N=C1NC(=O)/C(=C/c2cc(C)n(-c3cccnc3)c2C)S1. The van der Waals surface area contributed by atoms with Crippen molar-refractivity contribution in [2.75, 3.05) is 0 Å². The summed E-state index contributed by atoms with van der Waals surface area (Å²) in [6.45, 7) is 6.02. The minimum absolute atomic E-state index is 0.147. The minimum atomic E-state index is -0.147.